The molecule has 1 N–H and O–H groups in total. The van der Waals surface area contributed by atoms with E-state index in [2.05, 4.69) is 34.3 Å². The first kappa shape index (κ1) is 11.5. The second kappa shape index (κ2) is 4.66. The van der Waals surface area contributed by atoms with Gasteiger partial charge in [0.1, 0.15) is 0 Å². The van der Waals surface area contributed by atoms with E-state index in [1.54, 1.807) is 0 Å². The van der Waals surface area contributed by atoms with Gasteiger partial charge in [-0.2, -0.15) is 0 Å². The van der Waals surface area contributed by atoms with Crippen LogP contribution in [-0.4, -0.2) is 30.4 Å². The maximum Gasteiger partial charge on any atom is 0.0741 e. The van der Waals surface area contributed by atoms with Gasteiger partial charge >= 0.3 is 0 Å². The van der Waals surface area contributed by atoms with Gasteiger partial charge in [-0.15, -0.1) is 0 Å². The Morgan fingerprint density at radius 2 is 2.37 bits per heavy atom. The van der Waals surface area contributed by atoms with Crippen LogP contribution in [0.15, 0.2) is 24.4 Å². The zero-order valence-corrected chi connectivity index (χ0v) is 11.2. The number of hydrogen-bond donors (Lipinski definition) is 1. The molecule has 19 heavy (non-hydrogen) atoms. The second-order valence-electron chi connectivity index (χ2n) is 5.67. The molecule has 1 atom stereocenters. The van der Waals surface area contributed by atoms with Crippen LogP contribution in [0.4, 0.5) is 0 Å². The van der Waals surface area contributed by atoms with Crippen LogP contribution in [0.3, 0.4) is 0 Å². The number of hydrogen-bond acceptors (Lipinski definition) is 2. The fourth-order valence-electron chi connectivity index (χ4n) is 3.49. The lowest BCUT2D eigenvalue weighted by Gasteiger charge is -2.23. The lowest BCUT2D eigenvalue weighted by Crippen LogP contribution is -2.39. The minimum atomic E-state index is 0.331. The number of nitrogens with zero attached hydrogens (tertiary/aromatic N) is 1. The summed E-state index contributed by atoms with van der Waals surface area (Å²) in [6.07, 6.45) is 6.20. The van der Waals surface area contributed by atoms with Crippen LogP contribution in [0.25, 0.3) is 10.9 Å². The van der Waals surface area contributed by atoms with Gasteiger partial charge in [-0.05, 0) is 24.0 Å². The summed E-state index contributed by atoms with van der Waals surface area (Å²) in [5, 5.41) is 4.85. The Hall–Kier alpha value is -1.32. The molecule has 1 fully saturated rings. The molecule has 3 heteroatoms. The van der Waals surface area contributed by atoms with Crippen LogP contribution >= 0.6 is 0 Å². The molecule has 0 bridgehead atoms. The summed E-state index contributed by atoms with van der Waals surface area (Å²) in [6.45, 7) is 3.97. The third-order valence-electron chi connectivity index (χ3n) is 4.36. The lowest BCUT2D eigenvalue weighted by atomic mass is 10.0. The zero-order chi connectivity index (χ0) is 12.7. The molecule has 0 spiro atoms. The van der Waals surface area contributed by atoms with Crippen molar-refractivity contribution in [2.75, 3.05) is 19.7 Å². The first-order valence-corrected chi connectivity index (χ1v) is 7.34. The van der Waals surface area contributed by atoms with Gasteiger partial charge in [0.15, 0.2) is 0 Å². The van der Waals surface area contributed by atoms with Crippen molar-refractivity contribution in [3.63, 3.8) is 0 Å². The van der Waals surface area contributed by atoms with Gasteiger partial charge in [-0.1, -0.05) is 18.2 Å². The summed E-state index contributed by atoms with van der Waals surface area (Å²) < 4.78 is 8.29. The molecule has 0 radical (unpaired) electrons. The Balaban J connectivity index is 1.72. The SMILES string of the molecule is c1cc2c3c(c1)c(CC1CNCCO1)cn3CCC2. The fourth-order valence-corrected chi connectivity index (χ4v) is 3.49. The Morgan fingerprint density at radius 3 is 3.26 bits per heavy atom. The van der Waals surface area contributed by atoms with Crippen molar-refractivity contribution in [2.24, 2.45) is 0 Å². The van der Waals surface area contributed by atoms with Gasteiger partial charge in [-0.3, -0.25) is 0 Å². The van der Waals surface area contributed by atoms with E-state index in [-0.39, 0.29) is 0 Å². The highest BCUT2D eigenvalue weighted by Crippen LogP contribution is 2.30. The lowest BCUT2D eigenvalue weighted by molar-refractivity contribution is 0.0294. The number of morpholine rings is 1. The monoisotopic (exact) mass is 256 g/mol. The van der Waals surface area contributed by atoms with Crippen molar-refractivity contribution in [3.8, 4) is 0 Å². The minimum absolute atomic E-state index is 0.331. The molecule has 3 nitrogen and oxygen atoms in total. The number of aromatic nitrogens is 1. The molecule has 3 heterocycles. The van der Waals surface area contributed by atoms with Crippen LogP contribution in [0.2, 0.25) is 0 Å². The molecule has 1 saturated heterocycles. The number of aryl methyl sites for hydroxylation is 2. The molecule has 100 valence electrons. The van der Waals surface area contributed by atoms with E-state index in [0.29, 0.717) is 6.10 Å². The maximum absolute atomic E-state index is 5.85. The molecule has 0 amide bonds. The van der Waals surface area contributed by atoms with E-state index in [9.17, 15) is 0 Å². The molecular formula is C16H20N2O. The van der Waals surface area contributed by atoms with Gasteiger partial charge in [0, 0.05) is 37.6 Å². The molecule has 1 aromatic heterocycles. The minimum Gasteiger partial charge on any atom is -0.375 e. The van der Waals surface area contributed by atoms with Crippen LogP contribution in [0.1, 0.15) is 17.5 Å². The van der Waals surface area contributed by atoms with Crippen LogP contribution < -0.4 is 5.32 Å². The first-order valence-electron chi connectivity index (χ1n) is 7.34. The van der Waals surface area contributed by atoms with E-state index in [1.807, 2.05) is 0 Å². The van der Waals surface area contributed by atoms with Crippen LogP contribution in [-0.2, 0) is 24.1 Å². The van der Waals surface area contributed by atoms with Crippen molar-refractivity contribution >= 4 is 10.9 Å². The van der Waals surface area contributed by atoms with Crippen molar-refractivity contribution in [1.29, 1.82) is 0 Å². The van der Waals surface area contributed by atoms with Gasteiger partial charge in [-0.25, -0.2) is 0 Å². The Kier molecular flexibility index (Phi) is 2.82. The molecule has 0 aliphatic carbocycles. The summed E-state index contributed by atoms with van der Waals surface area (Å²) >= 11 is 0. The van der Waals surface area contributed by atoms with E-state index >= 15 is 0 Å². The molecule has 4 rings (SSSR count). The highest BCUT2D eigenvalue weighted by molar-refractivity contribution is 5.87. The normalized spacial score (nSPS) is 22.8. The third kappa shape index (κ3) is 1.97. The second-order valence-corrected chi connectivity index (χ2v) is 5.67. The molecule has 2 aliphatic rings. The summed E-state index contributed by atoms with van der Waals surface area (Å²) in [5.41, 5.74) is 4.43. The summed E-state index contributed by atoms with van der Waals surface area (Å²) in [5.74, 6) is 0. The van der Waals surface area contributed by atoms with Crippen molar-refractivity contribution in [1.82, 2.24) is 9.88 Å². The molecule has 2 aliphatic heterocycles. The molecule has 1 unspecified atom stereocenters. The maximum atomic E-state index is 5.85. The summed E-state index contributed by atoms with van der Waals surface area (Å²) in [7, 11) is 0. The fraction of sp³-hybridized carbons (Fsp3) is 0.500. The van der Waals surface area contributed by atoms with Crippen LogP contribution in [0, 0.1) is 0 Å². The number of para-hydroxylation sites is 1. The average molecular weight is 256 g/mol. The van der Waals surface area contributed by atoms with E-state index in [1.165, 1.54) is 34.9 Å². The number of ether oxygens (including phenoxy) is 1. The summed E-state index contributed by atoms with van der Waals surface area (Å²) in [4.78, 5) is 0. The van der Waals surface area contributed by atoms with Crippen LogP contribution in [0.5, 0.6) is 0 Å². The third-order valence-corrected chi connectivity index (χ3v) is 4.36. The Bertz CT molecular complexity index is 596. The number of rotatable bonds is 2. The molecule has 2 aromatic rings. The highest BCUT2D eigenvalue weighted by Gasteiger charge is 2.19. The number of benzene rings is 1. The first-order chi connectivity index (χ1) is 9.42. The quantitative estimate of drug-likeness (QED) is 0.890. The Labute approximate surface area is 113 Å². The zero-order valence-electron chi connectivity index (χ0n) is 11.2. The highest BCUT2D eigenvalue weighted by atomic mass is 16.5. The van der Waals surface area contributed by atoms with Gasteiger partial charge in [0.2, 0.25) is 0 Å². The average Bonchev–Trinajstić information content (AvgIpc) is 2.81. The topological polar surface area (TPSA) is 26.2 Å². The predicted molar refractivity (Wildman–Crippen MR) is 76.6 cm³/mol. The number of nitrogens with one attached hydrogen (secondary N) is 1. The van der Waals surface area contributed by atoms with E-state index in [4.69, 9.17) is 4.74 Å². The summed E-state index contributed by atoms with van der Waals surface area (Å²) in [6, 6.07) is 6.75. The van der Waals surface area contributed by atoms with Gasteiger partial charge < -0.3 is 14.6 Å². The van der Waals surface area contributed by atoms with Crippen molar-refractivity contribution in [3.05, 3.63) is 35.5 Å². The Morgan fingerprint density at radius 1 is 1.37 bits per heavy atom. The molecule has 1 aromatic carbocycles. The van der Waals surface area contributed by atoms with E-state index in [0.717, 1.165) is 32.7 Å². The largest absolute Gasteiger partial charge is 0.375 e. The smallest absolute Gasteiger partial charge is 0.0741 e. The standard InChI is InChI=1S/C16H20N2O/c1-3-12-4-2-7-18-11-13(15(5-1)16(12)18)9-14-10-17-6-8-19-14/h1,3,5,11,14,17H,2,4,6-10H2. The molecule has 0 saturated carbocycles. The van der Waals surface area contributed by atoms with Gasteiger partial charge in [0.05, 0.1) is 18.2 Å². The van der Waals surface area contributed by atoms with Crippen molar-refractivity contribution in [2.45, 2.75) is 31.9 Å². The predicted octanol–water partition coefficient (Wildman–Crippen LogP) is 2.12. The van der Waals surface area contributed by atoms with E-state index < -0.39 is 0 Å². The molecular weight excluding hydrogens is 236 g/mol. The van der Waals surface area contributed by atoms with Gasteiger partial charge in [0.25, 0.3) is 0 Å². The van der Waals surface area contributed by atoms with Crippen molar-refractivity contribution < 1.29 is 4.74 Å².